The molecule has 0 amide bonds. The molecule has 0 radical (unpaired) electrons. The average Bonchev–Trinajstić information content (AvgIpc) is 3.24. The van der Waals surface area contributed by atoms with Crippen molar-refractivity contribution in [1.29, 1.82) is 0 Å². The number of thioether (sulfide) groups is 1. The Kier molecular flexibility index (Phi) is 3.63. The fourth-order valence-corrected chi connectivity index (χ4v) is 4.59. The van der Waals surface area contributed by atoms with Gasteiger partial charge in [0.25, 0.3) is 10.7 Å². The third-order valence-corrected chi connectivity index (χ3v) is 6.21. The van der Waals surface area contributed by atoms with Crippen LogP contribution in [0.1, 0.15) is 0 Å². The van der Waals surface area contributed by atoms with Crippen LogP contribution in [0.2, 0.25) is 0 Å². The number of aromatic nitrogens is 7. The second-order valence-electron chi connectivity index (χ2n) is 6.14. The predicted octanol–water partition coefficient (Wildman–Crippen LogP) is -1.40. The van der Waals surface area contributed by atoms with E-state index >= 15 is 0 Å². The van der Waals surface area contributed by atoms with Crippen molar-refractivity contribution >= 4 is 32.8 Å². The summed E-state index contributed by atoms with van der Waals surface area (Å²) < 4.78 is 28.6. The zero-order valence-electron chi connectivity index (χ0n) is 14.1. The highest BCUT2D eigenvalue weighted by molar-refractivity contribution is 8.00. The normalized spacial score (nSPS) is 17.1. The summed E-state index contributed by atoms with van der Waals surface area (Å²) >= 11 is 1.45. The summed E-state index contributed by atoms with van der Waals surface area (Å²) in [5.41, 5.74) is -0.0610. The molecule has 0 fully saturated rings. The van der Waals surface area contributed by atoms with Crippen molar-refractivity contribution in [3.05, 3.63) is 27.2 Å². The SMILES string of the molecule is Cn1c(=O)c2c(nc3n2CC(Cn2cnc(S(C)(=O)=O)n2)S3)n(C)c1=O. The molecular weight excluding hydrogens is 382 g/mol. The molecule has 4 rings (SSSR count). The van der Waals surface area contributed by atoms with Gasteiger partial charge in [0.15, 0.2) is 16.3 Å². The number of sulfone groups is 1. The average molecular weight is 397 g/mol. The van der Waals surface area contributed by atoms with Crippen molar-refractivity contribution in [3.8, 4) is 0 Å². The van der Waals surface area contributed by atoms with E-state index in [9.17, 15) is 18.0 Å². The molecule has 0 bridgehead atoms. The summed E-state index contributed by atoms with van der Waals surface area (Å²) in [6, 6.07) is 0. The number of fused-ring (bicyclic) bond motifs is 3. The lowest BCUT2D eigenvalue weighted by molar-refractivity contribution is 0.535. The Morgan fingerprint density at radius 3 is 2.65 bits per heavy atom. The van der Waals surface area contributed by atoms with Crippen LogP contribution >= 0.6 is 11.8 Å². The molecule has 3 aromatic heterocycles. The summed E-state index contributed by atoms with van der Waals surface area (Å²) in [6.45, 7) is 0.919. The smallest absolute Gasteiger partial charge is 0.312 e. The third-order valence-electron chi connectivity index (χ3n) is 4.21. The van der Waals surface area contributed by atoms with Gasteiger partial charge in [-0.1, -0.05) is 11.8 Å². The lowest BCUT2D eigenvalue weighted by atomic mass is 10.4. The van der Waals surface area contributed by atoms with Crippen LogP contribution in [0, 0.1) is 0 Å². The van der Waals surface area contributed by atoms with E-state index in [2.05, 4.69) is 15.1 Å². The monoisotopic (exact) mass is 397 g/mol. The maximum atomic E-state index is 12.5. The molecule has 138 valence electrons. The highest BCUT2D eigenvalue weighted by atomic mass is 32.2. The number of hydrogen-bond donors (Lipinski definition) is 0. The lowest BCUT2D eigenvalue weighted by Gasteiger charge is -2.09. The molecule has 0 aliphatic carbocycles. The van der Waals surface area contributed by atoms with Gasteiger partial charge in [-0.2, -0.15) is 0 Å². The van der Waals surface area contributed by atoms with E-state index in [0.717, 1.165) is 10.8 Å². The molecule has 1 aliphatic rings. The molecule has 11 nitrogen and oxygen atoms in total. The molecule has 26 heavy (non-hydrogen) atoms. The Morgan fingerprint density at radius 2 is 2.00 bits per heavy atom. The molecule has 0 spiro atoms. The summed E-state index contributed by atoms with van der Waals surface area (Å²) in [7, 11) is -0.434. The second kappa shape index (κ2) is 5.54. The van der Waals surface area contributed by atoms with Crippen LogP contribution in [0.25, 0.3) is 11.2 Å². The molecule has 3 aromatic rings. The van der Waals surface area contributed by atoms with Crippen molar-refractivity contribution in [2.75, 3.05) is 6.26 Å². The van der Waals surface area contributed by atoms with Crippen LogP contribution in [0.4, 0.5) is 0 Å². The predicted molar refractivity (Wildman–Crippen MR) is 93.0 cm³/mol. The van der Waals surface area contributed by atoms with Gasteiger partial charge in [-0.05, 0) is 0 Å². The summed E-state index contributed by atoms with van der Waals surface area (Å²) in [4.78, 5) is 32.7. The molecule has 1 aliphatic heterocycles. The van der Waals surface area contributed by atoms with Crippen LogP contribution < -0.4 is 11.2 Å². The largest absolute Gasteiger partial charge is 0.332 e. The first-order valence-corrected chi connectivity index (χ1v) is 10.4. The molecule has 4 heterocycles. The van der Waals surface area contributed by atoms with Crippen LogP contribution in [0.5, 0.6) is 0 Å². The van der Waals surface area contributed by atoms with Gasteiger partial charge in [-0.3, -0.25) is 18.6 Å². The number of aryl methyl sites for hydroxylation is 1. The lowest BCUT2D eigenvalue weighted by Crippen LogP contribution is -2.37. The van der Waals surface area contributed by atoms with Gasteiger partial charge in [0, 0.05) is 26.9 Å². The Balaban J connectivity index is 1.67. The number of hydrogen-bond acceptors (Lipinski definition) is 8. The van der Waals surface area contributed by atoms with Gasteiger partial charge in [0.05, 0.1) is 11.8 Å². The van der Waals surface area contributed by atoms with Gasteiger partial charge in [-0.25, -0.2) is 23.2 Å². The first kappa shape index (κ1) is 17.0. The second-order valence-corrected chi connectivity index (χ2v) is 9.32. The van der Waals surface area contributed by atoms with E-state index in [1.54, 1.807) is 11.6 Å². The Hall–Kier alpha value is -2.41. The van der Waals surface area contributed by atoms with E-state index in [1.807, 2.05) is 0 Å². The minimum Gasteiger partial charge on any atom is -0.312 e. The molecule has 1 atom stereocenters. The van der Waals surface area contributed by atoms with Crippen molar-refractivity contribution in [1.82, 2.24) is 33.4 Å². The van der Waals surface area contributed by atoms with E-state index in [0.29, 0.717) is 29.4 Å². The zero-order chi connectivity index (χ0) is 18.8. The van der Waals surface area contributed by atoms with E-state index in [1.165, 1.54) is 34.4 Å². The number of rotatable bonds is 3. The molecule has 0 saturated carbocycles. The Labute approximate surface area is 151 Å². The van der Waals surface area contributed by atoms with Crippen LogP contribution in [-0.2, 0) is 37.0 Å². The van der Waals surface area contributed by atoms with E-state index in [-0.39, 0.29) is 16.0 Å². The van der Waals surface area contributed by atoms with Crippen molar-refractivity contribution in [2.45, 2.75) is 28.7 Å². The molecule has 0 saturated heterocycles. The van der Waals surface area contributed by atoms with Gasteiger partial charge in [-0.15, -0.1) is 5.10 Å². The molecule has 0 aromatic carbocycles. The van der Waals surface area contributed by atoms with Crippen molar-refractivity contribution in [2.24, 2.45) is 14.1 Å². The molecule has 0 N–H and O–H groups in total. The maximum absolute atomic E-state index is 12.5. The van der Waals surface area contributed by atoms with Gasteiger partial charge < -0.3 is 4.57 Å². The fourth-order valence-electron chi connectivity index (χ4n) is 2.91. The topological polar surface area (TPSA) is 127 Å². The molecule has 1 unspecified atom stereocenters. The summed E-state index contributed by atoms with van der Waals surface area (Å²) in [6.07, 6.45) is 2.43. The van der Waals surface area contributed by atoms with Crippen LogP contribution in [0.3, 0.4) is 0 Å². The van der Waals surface area contributed by atoms with E-state index < -0.39 is 15.5 Å². The minimum atomic E-state index is -3.45. The Bertz CT molecular complexity index is 1260. The minimum absolute atomic E-state index is 0.0120. The van der Waals surface area contributed by atoms with Crippen molar-refractivity contribution in [3.63, 3.8) is 0 Å². The van der Waals surface area contributed by atoms with Gasteiger partial charge in [0.2, 0.25) is 9.84 Å². The highest BCUT2D eigenvalue weighted by Gasteiger charge is 2.29. The maximum Gasteiger partial charge on any atom is 0.332 e. The van der Waals surface area contributed by atoms with Gasteiger partial charge >= 0.3 is 5.69 Å². The standard InChI is InChI=1S/C13H15N7O4S2/c1-17-9-8(10(21)18(2)13(17)22)20-5-7(25-12(20)15-9)4-19-6-14-11(16-19)26(3,23)24/h6-7H,4-5H2,1-3H3. The number of imidazole rings is 1. The van der Waals surface area contributed by atoms with Crippen LogP contribution in [-0.4, -0.2) is 53.4 Å². The third kappa shape index (κ3) is 2.49. The first-order chi connectivity index (χ1) is 12.2. The fraction of sp³-hybridized carbons (Fsp3) is 0.462. The summed E-state index contributed by atoms with van der Waals surface area (Å²) in [5, 5.41) is 4.42. The number of nitrogens with zero attached hydrogens (tertiary/aromatic N) is 7. The zero-order valence-corrected chi connectivity index (χ0v) is 15.8. The van der Waals surface area contributed by atoms with E-state index in [4.69, 9.17) is 0 Å². The molecular formula is C13H15N7O4S2. The van der Waals surface area contributed by atoms with Crippen LogP contribution in [0.15, 0.2) is 26.2 Å². The molecule has 13 heteroatoms. The summed E-state index contributed by atoms with van der Waals surface area (Å²) in [5.74, 6) is 0. The van der Waals surface area contributed by atoms with Gasteiger partial charge in [0.1, 0.15) is 6.33 Å². The quantitative estimate of drug-likeness (QED) is 0.528. The van der Waals surface area contributed by atoms with Crippen molar-refractivity contribution < 1.29 is 8.42 Å². The highest BCUT2D eigenvalue weighted by Crippen LogP contribution is 2.34. The Morgan fingerprint density at radius 1 is 1.27 bits per heavy atom. The first-order valence-electron chi connectivity index (χ1n) is 7.59.